The number of hydrogen-bond acceptors (Lipinski definition) is 1. The molecule has 1 unspecified atom stereocenters. The second-order valence-electron chi connectivity index (χ2n) is 0.999. The van der Waals surface area contributed by atoms with Gasteiger partial charge >= 0.3 is 18.1 Å². The highest BCUT2D eigenvalue weighted by Gasteiger charge is 2.40. The van der Waals surface area contributed by atoms with Crippen LogP contribution in [0.1, 0.15) is 0 Å². The lowest BCUT2D eigenvalue weighted by Crippen LogP contribution is -2.03. The summed E-state index contributed by atoms with van der Waals surface area (Å²) in [7, 11) is 0. The fourth-order valence-electron chi connectivity index (χ4n) is 0.148. The topological polar surface area (TPSA) is 41.7 Å². The molecule has 0 saturated heterocycles. The molecular weight excluding hydrogens is 82.0 g/mol. The maximum absolute atomic E-state index is 9.61. The van der Waals surface area contributed by atoms with Gasteiger partial charge in [-0.25, -0.2) is 4.79 Å². The van der Waals surface area contributed by atoms with Crippen LogP contribution in [0, 0.1) is 6.07 Å². The van der Waals surface area contributed by atoms with Gasteiger partial charge in [0.2, 0.25) is 0 Å². The van der Waals surface area contributed by atoms with Crippen molar-refractivity contribution in [1.82, 2.24) is 0 Å². The second kappa shape index (κ2) is 0.716. The molecule has 0 spiro atoms. The van der Waals surface area contributed by atoms with Gasteiger partial charge in [-0.3, -0.25) is 0 Å². The van der Waals surface area contributed by atoms with Crippen LogP contribution in [0.5, 0.6) is 0 Å². The quantitative estimate of drug-likeness (QED) is 0.477. The van der Waals surface area contributed by atoms with Crippen LogP contribution < -0.4 is 0 Å². The number of hydrogen-bond donors (Lipinski definition) is 1. The molecule has 30 valence electrons. The van der Waals surface area contributed by atoms with Crippen molar-refractivity contribution in [1.29, 1.82) is 0 Å². The summed E-state index contributed by atoms with van der Waals surface area (Å²) in [6.45, 7) is 0. The number of carboxylic acid groups (broad SMARTS) is 1. The predicted molar refractivity (Wildman–Crippen MR) is 18.7 cm³/mol. The van der Waals surface area contributed by atoms with Crippen molar-refractivity contribution >= 4 is 5.97 Å². The van der Waals surface area contributed by atoms with Gasteiger partial charge in [0.1, 0.15) is 0 Å². The Morgan fingerprint density at radius 2 is 2.50 bits per heavy atom. The maximum atomic E-state index is 9.61. The number of carboxylic acids is 1. The minimum Gasteiger partial charge on any atom is -0.474 e. The lowest BCUT2D eigenvalue weighted by atomic mass is 10.5. The molecule has 0 aromatic heterocycles. The zero-order chi connectivity index (χ0) is 4.57. The fourth-order valence-corrected chi connectivity index (χ4v) is 0.148. The Hall–Kier alpha value is -1.04. The molecule has 1 rings (SSSR count). The monoisotopic (exact) mass is 84.0 g/mol. The molecule has 1 atom stereocenters. The van der Waals surface area contributed by atoms with Crippen LogP contribution in [0.3, 0.4) is 0 Å². The van der Waals surface area contributed by atoms with E-state index in [0.29, 0.717) is 0 Å². The van der Waals surface area contributed by atoms with E-state index in [4.69, 9.17) is 5.11 Å². The summed E-state index contributed by atoms with van der Waals surface area (Å²) in [5, 5.41) is 7.90. The normalized spacial score (nSPS) is 24.3. The lowest BCUT2D eigenvalue weighted by molar-refractivity contribution is -0.135. The first-order chi connectivity index (χ1) is 2.80. The van der Waals surface area contributed by atoms with Crippen molar-refractivity contribution in [3.63, 3.8) is 0 Å². The van der Waals surface area contributed by atoms with E-state index < -0.39 is 12.0 Å². The van der Waals surface area contributed by atoms with Crippen molar-refractivity contribution in [2.45, 2.75) is 6.04 Å². The minimum atomic E-state index is -0.907. The van der Waals surface area contributed by atoms with Crippen molar-refractivity contribution < 1.29 is 9.90 Å². The molecule has 6 heavy (non-hydrogen) atoms. The molecule has 0 aromatic rings. The summed E-state index contributed by atoms with van der Waals surface area (Å²) in [6, 6.07) is 1.65. The average molecular weight is 84.1 g/mol. The lowest BCUT2D eigenvalue weighted by Gasteiger charge is -1.62. The van der Waals surface area contributed by atoms with Gasteiger partial charge in [-0.2, -0.15) is 0 Å². The highest BCUT2D eigenvalue weighted by Crippen LogP contribution is 2.00. The van der Waals surface area contributed by atoms with E-state index in [-0.39, 0.29) is 0 Å². The molecule has 0 amide bonds. The Morgan fingerprint density at radius 3 is 2.50 bits per heavy atom. The van der Waals surface area contributed by atoms with Crippen LogP contribution in [-0.4, -0.2) is 17.1 Å². The number of rotatable bonds is 1. The van der Waals surface area contributed by atoms with Crippen LogP contribution in [0.25, 0.3) is 4.85 Å². The molecule has 1 N–H and O–H groups in total. The van der Waals surface area contributed by atoms with Crippen LogP contribution in [0.15, 0.2) is 0 Å². The van der Waals surface area contributed by atoms with E-state index in [1.54, 1.807) is 0 Å². The van der Waals surface area contributed by atoms with Crippen LogP contribution >= 0.6 is 0 Å². The van der Waals surface area contributed by atoms with Gasteiger partial charge in [-0.15, -0.1) is 0 Å². The van der Waals surface area contributed by atoms with Gasteiger partial charge in [0.15, 0.2) is 0 Å². The first-order valence-electron chi connectivity index (χ1n) is 1.49. The molecule has 0 aromatic carbocycles. The first-order valence-corrected chi connectivity index (χ1v) is 1.49. The van der Waals surface area contributed by atoms with E-state index in [2.05, 4.69) is 10.9 Å². The molecule has 0 aliphatic carbocycles. The summed E-state index contributed by atoms with van der Waals surface area (Å²) in [4.78, 5) is 12.9. The molecule has 0 saturated carbocycles. The highest BCUT2D eigenvalue weighted by molar-refractivity contribution is 5.83. The summed E-state index contributed by atoms with van der Waals surface area (Å²) in [5.41, 5.74) is 0. The SMILES string of the molecule is O=C(O)C1C#[N+]1. The van der Waals surface area contributed by atoms with E-state index >= 15 is 0 Å². The van der Waals surface area contributed by atoms with Gasteiger partial charge in [0, 0.05) is 0 Å². The average Bonchev–Trinajstić information content (AvgIpc) is 2.06. The number of aliphatic carboxylic acids is 1. The molecule has 1 aliphatic rings. The Balaban J connectivity index is 2.36. The standard InChI is InChI=1S/C3HNO2/c5-3(6)2-1-4-2/h2H/p+1. The van der Waals surface area contributed by atoms with Gasteiger partial charge in [-0.1, -0.05) is 0 Å². The summed E-state index contributed by atoms with van der Waals surface area (Å²) < 4.78 is 0. The van der Waals surface area contributed by atoms with Crippen LogP contribution in [-0.2, 0) is 4.79 Å². The third kappa shape index (κ3) is 0.320. The predicted octanol–water partition coefficient (Wildman–Crippen LogP) is -0.214. The van der Waals surface area contributed by atoms with E-state index in [1.807, 2.05) is 0 Å². The molecular formula is C3H2NO2+. The van der Waals surface area contributed by atoms with Crippen molar-refractivity contribution in [3.8, 4) is 6.07 Å². The molecule has 0 radical (unpaired) electrons. The van der Waals surface area contributed by atoms with Crippen molar-refractivity contribution in [3.05, 3.63) is 4.85 Å². The Morgan fingerprint density at radius 1 is 2.00 bits per heavy atom. The highest BCUT2D eigenvalue weighted by atomic mass is 16.4. The van der Waals surface area contributed by atoms with Gasteiger partial charge < -0.3 is 5.11 Å². The van der Waals surface area contributed by atoms with Crippen LogP contribution in [0.2, 0.25) is 0 Å². The largest absolute Gasteiger partial charge is 0.492 e. The Kier molecular flexibility index (Phi) is 0.377. The Labute approximate surface area is 34.0 Å². The molecule has 1 heterocycles. The number of nitrogens with zero attached hydrogens (tertiary/aromatic N) is 1. The molecule has 3 nitrogen and oxygen atoms in total. The van der Waals surface area contributed by atoms with Gasteiger partial charge in [0.25, 0.3) is 0 Å². The van der Waals surface area contributed by atoms with Gasteiger partial charge in [0.05, 0.1) is 0 Å². The maximum Gasteiger partial charge on any atom is 0.492 e. The van der Waals surface area contributed by atoms with E-state index in [0.717, 1.165) is 0 Å². The fraction of sp³-hybridized carbons (Fsp3) is 0.333. The Bertz CT molecular complexity index is 133. The molecule has 1 aliphatic heterocycles. The molecule has 0 bridgehead atoms. The number of carbonyl (C=O) groups is 1. The third-order valence-corrected chi connectivity index (χ3v) is 0.492. The second-order valence-corrected chi connectivity index (χ2v) is 0.999. The van der Waals surface area contributed by atoms with Crippen LogP contribution in [0.4, 0.5) is 0 Å². The van der Waals surface area contributed by atoms with E-state index in [1.165, 1.54) is 0 Å². The first kappa shape index (κ1) is 3.16. The van der Waals surface area contributed by atoms with Gasteiger partial charge in [-0.05, 0) is 4.85 Å². The van der Waals surface area contributed by atoms with Crippen molar-refractivity contribution in [2.24, 2.45) is 0 Å². The smallest absolute Gasteiger partial charge is 0.474 e. The summed E-state index contributed by atoms with van der Waals surface area (Å²) >= 11 is 0. The molecule has 3 heteroatoms. The zero-order valence-corrected chi connectivity index (χ0v) is 2.88. The van der Waals surface area contributed by atoms with E-state index in [9.17, 15) is 4.79 Å². The minimum absolute atomic E-state index is 0.606. The molecule has 0 fully saturated rings. The third-order valence-electron chi connectivity index (χ3n) is 0.492. The summed E-state index contributed by atoms with van der Waals surface area (Å²) in [5.74, 6) is -0.907. The summed E-state index contributed by atoms with van der Waals surface area (Å²) in [6.07, 6.45) is 0. The van der Waals surface area contributed by atoms with Crippen molar-refractivity contribution in [2.75, 3.05) is 0 Å². The zero-order valence-electron chi connectivity index (χ0n) is 2.88.